The van der Waals surface area contributed by atoms with Crippen molar-refractivity contribution in [3.63, 3.8) is 0 Å². The predicted octanol–water partition coefficient (Wildman–Crippen LogP) is 3.08. The van der Waals surface area contributed by atoms with E-state index in [9.17, 15) is 8.42 Å². The number of aromatic nitrogens is 2. The van der Waals surface area contributed by atoms with E-state index < -0.39 is 16.1 Å². The lowest BCUT2D eigenvalue weighted by atomic mass is 10.3. The molecule has 0 aliphatic carbocycles. The van der Waals surface area contributed by atoms with Crippen LogP contribution in [-0.2, 0) is 14.6 Å². The van der Waals surface area contributed by atoms with Crippen LogP contribution in [0.2, 0.25) is 5.02 Å². The van der Waals surface area contributed by atoms with Gasteiger partial charge < -0.3 is 9.84 Å². The number of aliphatic hydroxyl groups is 1. The molecule has 2 aromatic carbocycles. The first-order chi connectivity index (χ1) is 12.5. The number of benzene rings is 2. The highest BCUT2D eigenvalue weighted by Gasteiger charge is 2.17. The van der Waals surface area contributed by atoms with Crippen LogP contribution >= 0.6 is 11.6 Å². The van der Waals surface area contributed by atoms with Crippen molar-refractivity contribution in [3.05, 3.63) is 72.0 Å². The fourth-order valence-corrected chi connectivity index (χ4v) is 3.56. The third-order valence-electron chi connectivity index (χ3n) is 3.71. The van der Waals surface area contributed by atoms with Crippen molar-refractivity contribution < 1.29 is 18.3 Å². The molecule has 0 amide bonds. The lowest BCUT2D eigenvalue weighted by molar-refractivity contribution is -0.182. The first kappa shape index (κ1) is 18.6. The lowest BCUT2D eigenvalue weighted by Gasteiger charge is -2.19. The number of hydrogen-bond donors (Lipinski definition) is 1. The fourth-order valence-electron chi connectivity index (χ4n) is 2.17. The second-order valence-corrected chi connectivity index (χ2v) is 7.90. The van der Waals surface area contributed by atoms with Gasteiger partial charge in [0.15, 0.2) is 6.29 Å². The summed E-state index contributed by atoms with van der Waals surface area (Å²) in [4.78, 5) is 0.458. The van der Waals surface area contributed by atoms with Crippen LogP contribution in [-0.4, -0.2) is 36.2 Å². The van der Waals surface area contributed by atoms with Crippen molar-refractivity contribution in [1.29, 1.82) is 0 Å². The van der Waals surface area contributed by atoms with Crippen molar-refractivity contribution in [1.82, 2.24) is 9.78 Å². The van der Waals surface area contributed by atoms with Crippen LogP contribution in [0.3, 0.4) is 0 Å². The van der Waals surface area contributed by atoms with Gasteiger partial charge in [0.05, 0.1) is 22.1 Å². The van der Waals surface area contributed by atoms with Crippen LogP contribution in [0.4, 0.5) is 0 Å². The molecule has 26 heavy (non-hydrogen) atoms. The van der Waals surface area contributed by atoms with E-state index in [-0.39, 0.29) is 9.79 Å². The second-order valence-electron chi connectivity index (χ2n) is 5.52. The van der Waals surface area contributed by atoms with Gasteiger partial charge in [-0.1, -0.05) is 11.6 Å². The maximum absolute atomic E-state index is 12.5. The van der Waals surface area contributed by atoms with Crippen LogP contribution in [0.15, 0.2) is 76.8 Å². The van der Waals surface area contributed by atoms with Crippen LogP contribution in [0, 0.1) is 0 Å². The van der Waals surface area contributed by atoms with Crippen LogP contribution in [0.25, 0.3) is 5.69 Å². The molecule has 8 heteroatoms. The minimum Gasteiger partial charge on any atom is -0.368 e. The fraction of sp³-hybridized carbons (Fsp3) is 0.167. The zero-order valence-corrected chi connectivity index (χ0v) is 15.3. The van der Waals surface area contributed by atoms with Gasteiger partial charge in [0.2, 0.25) is 9.84 Å². The number of hydrogen-bond acceptors (Lipinski definition) is 5. The topological polar surface area (TPSA) is 81.4 Å². The highest BCUT2D eigenvalue weighted by atomic mass is 35.5. The largest absolute Gasteiger partial charge is 0.368 e. The molecule has 1 N–H and O–H groups in total. The minimum atomic E-state index is -3.53. The number of rotatable bonds is 3. The van der Waals surface area contributed by atoms with Crippen LogP contribution in [0.1, 0.15) is 6.42 Å². The Labute approximate surface area is 156 Å². The molecule has 1 aliphatic rings. The molecular formula is C18H17ClN2O4S. The molecule has 0 bridgehead atoms. The van der Waals surface area contributed by atoms with E-state index in [0.717, 1.165) is 18.7 Å². The van der Waals surface area contributed by atoms with Gasteiger partial charge in [-0.15, -0.1) is 0 Å². The standard InChI is InChI=1S/C15H11ClN2O2S.C3H6O2/c16-12-2-6-14(7-3-12)21(19,20)15-8-4-13(5-9-15)18-11-1-10-17-18;4-3-1-2-5-3/h1-11H;3-4H,1-2H2. The molecule has 1 atom stereocenters. The molecule has 1 aliphatic heterocycles. The Bertz CT molecular complexity index is 936. The molecule has 4 rings (SSSR count). The summed E-state index contributed by atoms with van der Waals surface area (Å²) in [6.07, 6.45) is 3.84. The van der Waals surface area contributed by atoms with Gasteiger partial charge in [0.1, 0.15) is 0 Å². The van der Waals surface area contributed by atoms with Gasteiger partial charge in [-0.25, -0.2) is 13.1 Å². The van der Waals surface area contributed by atoms with E-state index >= 15 is 0 Å². The molecule has 1 fully saturated rings. The van der Waals surface area contributed by atoms with E-state index in [1.54, 1.807) is 59.5 Å². The maximum atomic E-state index is 12.5. The predicted molar refractivity (Wildman–Crippen MR) is 97.0 cm³/mol. The number of aliphatic hydroxyl groups excluding tert-OH is 1. The second kappa shape index (κ2) is 8.01. The number of sulfone groups is 1. The average Bonchev–Trinajstić information content (AvgIpc) is 3.16. The molecule has 0 radical (unpaired) electrons. The first-order valence-corrected chi connectivity index (χ1v) is 9.73. The SMILES string of the molecule is O=S(=O)(c1ccc(Cl)cc1)c1ccc(-n2cccn2)cc1.OC1CCO1. The molecule has 1 saturated heterocycles. The summed E-state index contributed by atoms with van der Waals surface area (Å²) >= 11 is 5.78. The Morgan fingerprint density at radius 3 is 2.04 bits per heavy atom. The zero-order chi connectivity index (χ0) is 18.6. The van der Waals surface area contributed by atoms with Gasteiger partial charge >= 0.3 is 0 Å². The van der Waals surface area contributed by atoms with Crippen LogP contribution in [0.5, 0.6) is 0 Å². The summed E-state index contributed by atoms with van der Waals surface area (Å²) in [5, 5.41) is 12.8. The molecule has 3 aromatic rings. The Morgan fingerprint density at radius 1 is 1.08 bits per heavy atom. The summed E-state index contributed by atoms with van der Waals surface area (Å²) in [7, 11) is -3.53. The van der Waals surface area contributed by atoms with E-state index in [1.807, 2.05) is 0 Å². The zero-order valence-electron chi connectivity index (χ0n) is 13.7. The van der Waals surface area contributed by atoms with Crippen molar-refractivity contribution in [2.45, 2.75) is 22.5 Å². The highest BCUT2D eigenvalue weighted by molar-refractivity contribution is 7.91. The summed E-state index contributed by atoms with van der Waals surface area (Å²) in [6, 6.07) is 14.5. The molecule has 136 valence electrons. The van der Waals surface area contributed by atoms with Crippen molar-refractivity contribution >= 4 is 21.4 Å². The van der Waals surface area contributed by atoms with E-state index in [2.05, 4.69) is 9.84 Å². The quantitative estimate of drug-likeness (QED) is 0.740. The monoisotopic (exact) mass is 392 g/mol. The van der Waals surface area contributed by atoms with Gasteiger partial charge in [-0.05, 0) is 54.6 Å². The van der Waals surface area contributed by atoms with Gasteiger partial charge in [-0.3, -0.25) is 0 Å². The summed E-state index contributed by atoms with van der Waals surface area (Å²) < 4.78 is 31.1. The number of nitrogens with zero attached hydrogens (tertiary/aromatic N) is 2. The molecule has 2 heterocycles. The Kier molecular flexibility index (Phi) is 5.73. The first-order valence-electron chi connectivity index (χ1n) is 7.87. The maximum Gasteiger partial charge on any atom is 0.206 e. The molecule has 0 spiro atoms. The number of ether oxygens (including phenoxy) is 1. The van der Waals surface area contributed by atoms with Gasteiger partial charge in [-0.2, -0.15) is 5.10 Å². The van der Waals surface area contributed by atoms with Crippen molar-refractivity contribution in [3.8, 4) is 5.69 Å². The lowest BCUT2D eigenvalue weighted by Crippen LogP contribution is -2.25. The Balaban J connectivity index is 0.000000339. The molecule has 0 saturated carbocycles. The average molecular weight is 393 g/mol. The molecule has 1 aromatic heterocycles. The third kappa shape index (κ3) is 4.31. The summed E-state index contributed by atoms with van der Waals surface area (Å²) in [5.74, 6) is 0. The normalized spacial score (nSPS) is 16.3. The molecule has 6 nitrogen and oxygen atoms in total. The minimum absolute atomic E-state index is 0.221. The van der Waals surface area contributed by atoms with Crippen LogP contribution < -0.4 is 0 Å². The Morgan fingerprint density at radius 2 is 1.62 bits per heavy atom. The van der Waals surface area contributed by atoms with Gasteiger partial charge in [0.25, 0.3) is 0 Å². The van der Waals surface area contributed by atoms with E-state index in [1.165, 1.54) is 12.1 Å². The molecular weight excluding hydrogens is 376 g/mol. The van der Waals surface area contributed by atoms with E-state index in [0.29, 0.717) is 5.02 Å². The third-order valence-corrected chi connectivity index (χ3v) is 5.75. The highest BCUT2D eigenvalue weighted by Crippen LogP contribution is 2.23. The summed E-state index contributed by atoms with van der Waals surface area (Å²) in [6.45, 7) is 0.737. The number of halogens is 1. The summed E-state index contributed by atoms with van der Waals surface area (Å²) in [5.41, 5.74) is 0.801. The van der Waals surface area contributed by atoms with Crippen molar-refractivity contribution in [2.75, 3.05) is 6.61 Å². The van der Waals surface area contributed by atoms with Crippen molar-refractivity contribution in [2.24, 2.45) is 0 Å². The smallest absolute Gasteiger partial charge is 0.206 e. The van der Waals surface area contributed by atoms with Gasteiger partial charge in [0, 0.05) is 23.8 Å². The molecule has 1 unspecified atom stereocenters. The van der Waals surface area contributed by atoms with E-state index in [4.69, 9.17) is 16.7 Å². The Hall–Kier alpha value is -2.19.